The van der Waals surface area contributed by atoms with Crippen molar-refractivity contribution in [3.05, 3.63) is 0 Å². The molecule has 0 aliphatic heterocycles. The number of carbonyl (C=O) groups is 1. The van der Waals surface area contributed by atoms with Gasteiger partial charge in [-0.1, -0.05) is 78.1 Å². The maximum absolute atomic E-state index is 11.3. The second-order valence-corrected chi connectivity index (χ2v) is 5.96. The van der Waals surface area contributed by atoms with Gasteiger partial charge < -0.3 is 10.8 Å². The third kappa shape index (κ3) is 10.2. The summed E-state index contributed by atoms with van der Waals surface area (Å²) in [6.07, 6.45) is 13.6. The summed E-state index contributed by atoms with van der Waals surface area (Å²) < 4.78 is 0. The van der Waals surface area contributed by atoms with Gasteiger partial charge in [-0.25, -0.2) is 0 Å². The molecule has 0 aliphatic rings. The summed E-state index contributed by atoms with van der Waals surface area (Å²) in [5.74, 6) is -0.704. The normalized spacial score (nSPS) is 14.2. The van der Waals surface area contributed by atoms with Gasteiger partial charge in [-0.3, -0.25) is 4.79 Å². The van der Waals surface area contributed by atoms with Crippen LogP contribution in [0.4, 0.5) is 0 Å². The minimum Gasteiger partial charge on any atom is -0.392 e. The van der Waals surface area contributed by atoms with E-state index in [1.54, 1.807) is 0 Å². The van der Waals surface area contributed by atoms with Crippen LogP contribution in [0.3, 0.4) is 0 Å². The maximum atomic E-state index is 11.3. The summed E-state index contributed by atoms with van der Waals surface area (Å²) in [6.45, 7) is 4.13. The fraction of sp³-hybridized carbons (Fsp3) is 0.941. The van der Waals surface area contributed by atoms with Crippen LogP contribution in [0.5, 0.6) is 0 Å². The quantitative estimate of drug-likeness (QED) is 0.470. The zero-order chi connectivity index (χ0) is 15.2. The highest BCUT2D eigenvalue weighted by molar-refractivity contribution is 5.77. The average Bonchev–Trinajstić information content (AvgIpc) is 2.43. The molecule has 0 spiro atoms. The minimum absolute atomic E-state index is 0.352. The molecule has 1 amide bonds. The molecule has 0 heterocycles. The van der Waals surface area contributed by atoms with E-state index >= 15 is 0 Å². The van der Waals surface area contributed by atoms with E-state index in [9.17, 15) is 9.90 Å². The molecule has 120 valence electrons. The second kappa shape index (κ2) is 13.4. The van der Waals surface area contributed by atoms with Crippen molar-refractivity contribution in [2.45, 2.75) is 97.0 Å². The highest BCUT2D eigenvalue weighted by Gasteiger charge is 2.22. The van der Waals surface area contributed by atoms with Crippen LogP contribution in [-0.4, -0.2) is 17.1 Å². The summed E-state index contributed by atoms with van der Waals surface area (Å²) in [4.78, 5) is 11.3. The Bertz CT molecular complexity index is 231. The van der Waals surface area contributed by atoms with Crippen molar-refractivity contribution in [3.63, 3.8) is 0 Å². The Kier molecular flexibility index (Phi) is 13.0. The number of hydrogen-bond donors (Lipinski definition) is 2. The van der Waals surface area contributed by atoms with Crippen LogP contribution in [0, 0.1) is 5.92 Å². The Labute approximate surface area is 125 Å². The van der Waals surface area contributed by atoms with Crippen LogP contribution < -0.4 is 5.73 Å². The topological polar surface area (TPSA) is 63.3 Å². The largest absolute Gasteiger partial charge is 0.392 e. The fourth-order valence-corrected chi connectivity index (χ4v) is 2.66. The van der Waals surface area contributed by atoms with Gasteiger partial charge in [0.1, 0.15) is 0 Å². The standard InChI is InChI=1S/C17H35NO2/c1-3-5-6-7-8-9-10-11-12-13-14-15(17(18)20)16(19)4-2/h15-16,19H,3-14H2,1-2H3,(H2,18,20). The van der Waals surface area contributed by atoms with E-state index in [0.717, 1.165) is 19.3 Å². The van der Waals surface area contributed by atoms with Crippen molar-refractivity contribution in [2.75, 3.05) is 0 Å². The zero-order valence-electron chi connectivity index (χ0n) is 13.6. The van der Waals surface area contributed by atoms with E-state index in [0.29, 0.717) is 6.42 Å². The smallest absolute Gasteiger partial charge is 0.223 e. The molecular weight excluding hydrogens is 250 g/mol. The van der Waals surface area contributed by atoms with Crippen molar-refractivity contribution in [1.82, 2.24) is 0 Å². The summed E-state index contributed by atoms with van der Waals surface area (Å²) >= 11 is 0. The van der Waals surface area contributed by atoms with E-state index in [1.807, 2.05) is 6.92 Å². The molecule has 0 fully saturated rings. The van der Waals surface area contributed by atoms with Crippen LogP contribution in [0.25, 0.3) is 0 Å². The lowest BCUT2D eigenvalue weighted by Crippen LogP contribution is -2.33. The molecule has 0 rings (SSSR count). The molecule has 2 unspecified atom stereocenters. The van der Waals surface area contributed by atoms with Crippen LogP contribution in [0.1, 0.15) is 90.9 Å². The number of unbranched alkanes of at least 4 members (excludes halogenated alkanes) is 9. The highest BCUT2D eigenvalue weighted by Crippen LogP contribution is 2.17. The molecule has 3 nitrogen and oxygen atoms in total. The predicted octanol–water partition coefficient (Wildman–Crippen LogP) is 4.17. The molecule has 20 heavy (non-hydrogen) atoms. The number of carbonyl (C=O) groups excluding carboxylic acids is 1. The van der Waals surface area contributed by atoms with Gasteiger partial charge in [0.25, 0.3) is 0 Å². The van der Waals surface area contributed by atoms with Gasteiger partial charge in [-0.05, 0) is 12.8 Å². The number of aliphatic hydroxyl groups excluding tert-OH is 1. The van der Waals surface area contributed by atoms with Gasteiger partial charge in [-0.15, -0.1) is 0 Å². The molecule has 3 heteroatoms. The van der Waals surface area contributed by atoms with Crippen molar-refractivity contribution < 1.29 is 9.90 Å². The van der Waals surface area contributed by atoms with Gasteiger partial charge in [0.05, 0.1) is 12.0 Å². The molecule has 3 N–H and O–H groups in total. The van der Waals surface area contributed by atoms with Gasteiger partial charge in [0.2, 0.25) is 5.91 Å². The summed E-state index contributed by atoms with van der Waals surface area (Å²) in [6, 6.07) is 0. The van der Waals surface area contributed by atoms with Crippen molar-refractivity contribution in [1.29, 1.82) is 0 Å². The second-order valence-electron chi connectivity index (χ2n) is 5.96. The molecular formula is C17H35NO2. The lowest BCUT2D eigenvalue weighted by molar-refractivity contribution is -0.125. The first-order chi connectivity index (χ1) is 9.63. The lowest BCUT2D eigenvalue weighted by Gasteiger charge is -2.18. The SMILES string of the molecule is CCCCCCCCCCCCC(C(N)=O)C(O)CC. The van der Waals surface area contributed by atoms with Gasteiger partial charge in [-0.2, -0.15) is 0 Å². The molecule has 2 atom stereocenters. The highest BCUT2D eigenvalue weighted by atomic mass is 16.3. The molecule has 0 bridgehead atoms. The van der Waals surface area contributed by atoms with Crippen LogP contribution in [-0.2, 0) is 4.79 Å². The van der Waals surface area contributed by atoms with Crippen molar-refractivity contribution in [2.24, 2.45) is 11.7 Å². The summed E-state index contributed by atoms with van der Waals surface area (Å²) in [7, 11) is 0. The summed E-state index contributed by atoms with van der Waals surface area (Å²) in [5, 5.41) is 9.73. The molecule has 0 radical (unpaired) electrons. The van der Waals surface area contributed by atoms with Crippen molar-refractivity contribution in [3.8, 4) is 0 Å². The Hall–Kier alpha value is -0.570. The number of rotatable bonds is 14. The molecule has 0 aromatic carbocycles. The van der Waals surface area contributed by atoms with Crippen LogP contribution in [0.15, 0.2) is 0 Å². The summed E-state index contributed by atoms with van der Waals surface area (Å²) in [5.41, 5.74) is 5.33. The molecule has 0 aromatic heterocycles. The predicted molar refractivity (Wildman–Crippen MR) is 85.4 cm³/mol. The van der Waals surface area contributed by atoms with Crippen molar-refractivity contribution >= 4 is 5.91 Å². The van der Waals surface area contributed by atoms with Gasteiger partial charge in [0, 0.05) is 0 Å². The maximum Gasteiger partial charge on any atom is 0.223 e. The molecule has 0 aromatic rings. The molecule has 0 saturated carbocycles. The minimum atomic E-state index is -0.564. The van der Waals surface area contributed by atoms with E-state index in [2.05, 4.69) is 6.92 Å². The van der Waals surface area contributed by atoms with E-state index in [-0.39, 0.29) is 11.8 Å². The Morgan fingerprint density at radius 3 is 1.75 bits per heavy atom. The third-order valence-electron chi connectivity index (χ3n) is 4.12. The van der Waals surface area contributed by atoms with Crippen LogP contribution >= 0.6 is 0 Å². The third-order valence-corrected chi connectivity index (χ3v) is 4.12. The first kappa shape index (κ1) is 19.4. The number of primary amides is 1. The lowest BCUT2D eigenvalue weighted by atomic mass is 9.93. The first-order valence-corrected chi connectivity index (χ1v) is 8.60. The Morgan fingerprint density at radius 2 is 1.35 bits per heavy atom. The van der Waals surface area contributed by atoms with E-state index < -0.39 is 6.10 Å². The Balaban J connectivity index is 3.44. The molecule has 0 aliphatic carbocycles. The number of nitrogens with two attached hydrogens (primary N) is 1. The number of aliphatic hydroxyl groups is 1. The molecule has 0 saturated heterocycles. The number of hydrogen-bond acceptors (Lipinski definition) is 2. The van der Waals surface area contributed by atoms with E-state index in [1.165, 1.54) is 51.4 Å². The number of amides is 1. The van der Waals surface area contributed by atoms with Gasteiger partial charge in [0.15, 0.2) is 0 Å². The zero-order valence-corrected chi connectivity index (χ0v) is 13.6. The fourth-order valence-electron chi connectivity index (χ4n) is 2.66. The monoisotopic (exact) mass is 285 g/mol. The van der Waals surface area contributed by atoms with Crippen LogP contribution in [0.2, 0.25) is 0 Å². The first-order valence-electron chi connectivity index (χ1n) is 8.60. The Morgan fingerprint density at radius 1 is 0.900 bits per heavy atom. The average molecular weight is 285 g/mol. The van der Waals surface area contributed by atoms with E-state index in [4.69, 9.17) is 5.73 Å². The van der Waals surface area contributed by atoms with Gasteiger partial charge >= 0.3 is 0 Å².